The molecule has 1 amide bonds. The van der Waals surface area contributed by atoms with Gasteiger partial charge in [-0.1, -0.05) is 13.3 Å². The summed E-state index contributed by atoms with van der Waals surface area (Å²) < 4.78 is 0. The van der Waals surface area contributed by atoms with Gasteiger partial charge in [0.25, 0.3) is 5.91 Å². The van der Waals surface area contributed by atoms with Gasteiger partial charge >= 0.3 is 0 Å². The fourth-order valence-electron chi connectivity index (χ4n) is 2.69. The fraction of sp³-hybridized carbons (Fsp3) is 0.929. The van der Waals surface area contributed by atoms with Crippen molar-refractivity contribution in [1.29, 1.82) is 0 Å². The molecular formula is C14H29N3O3. The summed E-state index contributed by atoms with van der Waals surface area (Å²) in [6, 6.07) is 0. The van der Waals surface area contributed by atoms with Crippen LogP contribution in [0.2, 0.25) is 0 Å². The maximum absolute atomic E-state index is 12.6. The number of carbonyl (C=O) groups is 1. The first kappa shape index (κ1) is 17.4. The SMILES string of the molecule is CCCC(O)(CCNC)C(=O)N1CCN(CCO)CC1. The summed E-state index contributed by atoms with van der Waals surface area (Å²) >= 11 is 0. The van der Waals surface area contributed by atoms with Crippen molar-refractivity contribution < 1.29 is 15.0 Å². The summed E-state index contributed by atoms with van der Waals surface area (Å²) in [6.45, 7) is 6.20. The van der Waals surface area contributed by atoms with E-state index in [0.717, 1.165) is 19.5 Å². The molecule has 1 heterocycles. The first-order valence-electron chi connectivity index (χ1n) is 7.57. The van der Waals surface area contributed by atoms with E-state index in [4.69, 9.17) is 5.11 Å². The quantitative estimate of drug-likeness (QED) is 0.548. The molecule has 0 radical (unpaired) electrons. The predicted molar refractivity (Wildman–Crippen MR) is 78.5 cm³/mol. The number of piperazine rings is 1. The normalized spacial score (nSPS) is 19.9. The van der Waals surface area contributed by atoms with Crippen LogP contribution in [0.3, 0.4) is 0 Å². The molecule has 1 saturated heterocycles. The lowest BCUT2D eigenvalue weighted by Gasteiger charge is -2.39. The maximum atomic E-state index is 12.6. The van der Waals surface area contributed by atoms with E-state index in [-0.39, 0.29) is 12.5 Å². The lowest BCUT2D eigenvalue weighted by atomic mass is 9.92. The third-order valence-electron chi connectivity index (χ3n) is 3.93. The molecule has 1 atom stereocenters. The molecule has 1 fully saturated rings. The van der Waals surface area contributed by atoms with Crippen LogP contribution in [-0.4, -0.2) is 84.4 Å². The van der Waals surface area contributed by atoms with Crippen LogP contribution < -0.4 is 5.32 Å². The Bertz CT molecular complexity index is 293. The minimum atomic E-state index is -1.24. The second-order valence-electron chi connectivity index (χ2n) is 5.49. The topological polar surface area (TPSA) is 76.0 Å². The van der Waals surface area contributed by atoms with Gasteiger partial charge in [0.2, 0.25) is 0 Å². The number of nitrogens with zero attached hydrogens (tertiary/aromatic N) is 2. The zero-order chi connectivity index (χ0) is 15.0. The van der Waals surface area contributed by atoms with Gasteiger partial charge in [-0.3, -0.25) is 9.69 Å². The molecule has 20 heavy (non-hydrogen) atoms. The number of nitrogens with one attached hydrogen (secondary N) is 1. The summed E-state index contributed by atoms with van der Waals surface area (Å²) in [5.41, 5.74) is -1.24. The second-order valence-corrected chi connectivity index (χ2v) is 5.49. The van der Waals surface area contributed by atoms with Crippen LogP contribution in [-0.2, 0) is 4.79 Å². The van der Waals surface area contributed by atoms with Gasteiger partial charge in [0.15, 0.2) is 0 Å². The van der Waals surface area contributed by atoms with Gasteiger partial charge in [-0.15, -0.1) is 0 Å². The molecule has 6 nitrogen and oxygen atoms in total. The standard InChI is InChI=1S/C14H29N3O3/c1-3-4-14(20,5-6-15-2)13(19)17-9-7-16(8-10-17)11-12-18/h15,18,20H,3-12H2,1-2H3. The third kappa shape index (κ3) is 4.70. The third-order valence-corrected chi connectivity index (χ3v) is 3.93. The van der Waals surface area contributed by atoms with Crippen molar-refractivity contribution in [2.75, 3.05) is 52.9 Å². The van der Waals surface area contributed by atoms with E-state index in [2.05, 4.69) is 10.2 Å². The van der Waals surface area contributed by atoms with E-state index in [1.165, 1.54) is 0 Å². The molecule has 0 aromatic heterocycles. The molecule has 1 aliphatic heterocycles. The Balaban J connectivity index is 2.57. The molecule has 1 rings (SSSR count). The Morgan fingerprint density at radius 3 is 2.40 bits per heavy atom. The highest BCUT2D eigenvalue weighted by Crippen LogP contribution is 2.21. The smallest absolute Gasteiger partial charge is 0.254 e. The average molecular weight is 287 g/mol. The van der Waals surface area contributed by atoms with Crippen molar-refractivity contribution in [3.8, 4) is 0 Å². The van der Waals surface area contributed by atoms with E-state index < -0.39 is 5.60 Å². The van der Waals surface area contributed by atoms with Crippen molar-refractivity contribution in [3.05, 3.63) is 0 Å². The van der Waals surface area contributed by atoms with E-state index in [9.17, 15) is 9.90 Å². The van der Waals surface area contributed by atoms with E-state index in [1.807, 2.05) is 14.0 Å². The molecule has 0 aromatic rings. The summed E-state index contributed by atoms with van der Waals surface area (Å²) in [7, 11) is 1.82. The van der Waals surface area contributed by atoms with Gasteiger partial charge < -0.3 is 20.4 Å². The monoisotopic (exact) mass is 287 g/mol. The summed E-state index contributed by atoms with van der Waals surface area (Å²) in [6.07, 6.45) is 1.74. The number of carbonyl (C=O) groups excluding carboxylic acids is 1. The molecule has 1 unspecified atom stereocenters. The predicted octanol–water partition coefficient (Wildman–Crippen LogP) is -0.736. The molecule has 1 aliphatic rings. The van der Waals surface area contributed by atoms with Gasteiger partial charge in [0, 0.05) is 32.7 Å². The Morgan fingerprint density at radius 1 is 1.25 bits per heavy atom. The van der Waals surface area contributed by atoms with E-state index in [0.29, 0.717) is 39.0 Å². The lowest BCUT2D eigenvalue weighted by molar-refractivity contribution is -0.154. The highest BCUT2D eigenvalue weighted by atomic mass is 16.3. The van der Waals surface area contributed by atoms with Gasteiger partial charge in [-0.05, 0) is 26.4 Å². The number of β-amino-alcohol motifs (C(OH)–C–C–N with tert-alkyl or cyclic N) is 1. The number of amides is 1. The number of hydrogen-bond donors (Lipinski definition) is 3. The summed E-state index contributed by atoms with van der Waals surface area (Å²) in [5, 5.41) is 22.6. The van der Waals surface area contributed by atoms with Crippen molar-refractivity contribution in [1.82, 2.24) is 15.1 Å². The highest BCUT2D eigenvalue weighted by Gasteiger charge is 2.38. The molecule has 3 N–H and O–H groups in total. The van der Waals surface area contributed by atoms with Crippen LogP contribution in [0.5, 0.6) is 0 Å². The van der Waals surface area contributed by atoms with Gasteiger partial charge in [-0.2, -0.15) is 0 Å². The van der Waals surface area contributed by atoms with Crippen molar-refractivity contribution in [3.63, 3.8) is 0 Å². The Labute approximate surface area is 121 Å². The van der Waals surface area contributed by atoms with E-state index >= 15 is 0 Å². The molecule has 0 aliphatic carbocycles. The van der Waals surface area contributed by atoms with Gasteiger partial charge in [0.05, 0.1) is 6.61 Å². The minimum absolute atomic E-state index is 0.141. The van der Waals surface area contributed by atoms with Crippen LogP contribution in [0.1, 0.15) is 26.2 Å². The molecular weight excluding hydrogens is 258 g/mol. The zero-order valence-electron chi connectivity index (χ0n) is 12.8. The Kier molecular flexibility index (Phi) is 7.43. The second kappa shape index (κ2) is 8.56. The van der Waals surface area contributed by atoms with Gasteiger partial charge in [0.1, 0.15) is 5.60 Å². The van der Waals surface area contributed by atoms with Crippen LogP contribution >= 0.6 is 0 Å². The number of aliphatic hydroxyl groups is 2. The first-order chi connectivity index (χ1) is 9.57. The molecule has 118 valence electrons. The highest BCUT2D eigenvalue weighted by molar-refractivity contribution is 5.85. The minimum Gasteiger partial charge on any atom is -0.395 e. The van der Waals surface area contributed by atoms with Crippen LogP contribution in [0.4, 0.5) is 0 Å². The van der Waals surface area contributed by atoms with E-state index in [1.54, 1.807) is 4.90 Å². The molecule has 0 saturated carbocycles. The molecule has 0 aromatic carbocycles. The molecule has 0 spiro atoms. The number of hydrogen-bond acceptors (Lipinski definition) is 5. The van der Waals surface area contributed by atoms with Gasteiger partial charge in [-0.25, -0.2) is 0 Å². The number of rotatable bonds is 8. The van der Waals surface area contributed by atoms with Crippen molar-refractivity contribution in [2.45, 2.75) is 31.8 Å². The zero-order valence-corrected chi connectivity index (χ0v) is 12.8. The number of aliphatic hydroxyl groups excluding tert-OH is 1. The van der Waals surface area contributed by atoms with Crippen molar-refractivity contribution in [2.24, 2.45) is 0 Å². The Hall–Kier alpha value is -0.690. The lowest BCUT2D eigenvalue weighted by Crippen LogP contribution is -2.56. The van der Waals surface area contributed by atoms with Crippen LogP contribution in [0.25, 0.3) is 0 Å². The first-order valence-corrected chi connectivity index (χ1v) is 7.57. The van der Waals surface area contributed by atoms with Crippen LogP contribution in [0, 0.1) is 0 Å². The van der Waals surface area contributed by atoms with Crippen LogP contribution in [0.15, 0.2) is 0 Å². The average Bonchev–Trinajstić information content (AvgIpc) is 2.46. The molecule has 0 bridgehead atoms. The Morgan fingerprint density at radius 2 is 1.90 bits per heavy atom. The maximum Gasteiger partial charge on any atom is 0.254 e. The summed E-state index contributed by atoms with van der Waals surface area (Å²) in [4.78, 5) is 16.5. The fourth-order valence-corrected chi connectivity index (χ4v) is 2.69. The molecule has 6 heteroatoms. The largest absolute Gasteiger partial charge is 0.395 e. The van der Waals surface area contributed by atoms with Crippen molar-refractivity contribution >= 4 is 5.91 Å². The summed E-state index contributed by atoms with van der Waals surface area (Å²) in [5.74, 6) is -0.141.